The van der Waals surface area contributed by atoms with Crippen LogP contribution in [0.4, 0.5) is 5.82 Å². The van der Waals surface area contributed by atoms with E-state index in [1.807, 2.05) is 12.1 Å². The minimum atomic E-state index is -0.590. The number of amides is 3. The van der Waals surface area contributed by atoms with Gasteiger partial charge in [0.15, 0.2) is 0 Å². The number of pyridine rings is 1. The van der Waals surface area contributed by atoms with Crippen LogP contribution in [-0.4, -0.2) is 59.8 Å². The first-order valence-electron chi connectivity index (χ1n) is 10.1. The van der Waals surface area contributed by atoms with Gasteiger partial charge in [-0.1, -0.05) is 0 Å². The Bertz CT molecular complexity index is 848. The quantitative estimate of drug-likeness (QED) is 0.719. The van der Waals surface area contributed by atoms with Crippen LogP contribution >= 0.6 is 0 Å². The van der Waals surface area contributed by atoms with Gasteiger partial charge in [0, 0.05) is 19.5 Å². The maximum absolute atomic E-state index is 12.8. The Hall–Kier alpha value is -2.48. The smallest absolute Gasteiger partial charge is 0.256 e. The molecule has 1 spiro atoms. The Morgan fingerprint density at radius 1 is 1.11 bits per heavy atom. The second-order valence-corrected chi connectivity index (χ2v) is 8.49. The zero-order valence-electron chi connectivity index (χ0n) is 15.9. The molecule has 1 aromatic heterocycles. The number of rotatable bonds is 2. The third kappa shape index (κ3) is 2.87. The van der Waals surface area contributed by atoms with Crippen molar-refractivity contribution in [1.82, 2.24) is 20.5 Å². The molecule has 2 N–H and O–H groups in total. The highest BCUT2D eigenvalue weighted by molar-refractivity contribution is 6.05. The molecule has 0 radical (unpaired) electrons. The van der Waals surface area contributed by atoms with Crippen LogP contribution in [0.5, 0.6) is 0 Å². The largest absolute Gasteiger partial charge is 0.356 e. The van der Waals surface area contributed by atoms with Crippen molar-refractivity contribution in [3.05, 3.63) is 23.4 Å². The van der Waals surface area contributed by atoms with Gasteiger partial charge in [-0.3, -0.25) is 19.7 Å². The van der Waals surface area contributed by atoms with Crippen molar-refractivity contribution in [1.29, 1.82) is 0 Å². The number of nitrogens with one attached hydrogen (secondary N) is 2. The van der Waals surface area contributed by atoms with Crippen LogP contribution in [0.15, 0.2) is 12.1 Å². The zero-order valence-corrected chi connectivity index (χ0v) is 15.9. The average Bonchev–Trinajstić information content (AvgIpc) is 3.24. The van der Waals surface area contributed by atoms with Crippen molar-refractivity contribution >= 4 is 23.5 Å². The SMILES string of the molecule is O=C1CCC(N2Cc3nc(N4CCC5(CCNCC5)C4)ccc3C2=O)C(=O)N1. The van der Waals surface area contributed by atoms with E-state index >= 15 is 0 Å². The minimum Gasteiger partial charge on any atom is -0.356 e. The number of aromatic nitrogens is 1. The highest BCUT2D eigenvalue weighted by atomic mass is 16.2. The number of nitrogens with zero attached hydrogens (tertiary/aromatic N) is 3. The monoisotopic (exact) mass is 383 g/mol. The first kappa shape index (κ1) is 17.6. The molecule has 3 fully saturated rings. The summed E-state index contributed by atoms with van der Waals surface area (Å²) in [5.74, 6) is 0.101. The van der Waals surface area contributed by atoms with Crippen molar-refractivity contribution < 1.29 is 14.4 Å². The van der Waals surface area contributed by atoms with Gasteiger partial charge in [0.25, 0.3) is 5.91 Å². The Labute approximate surface area is 163 Å². The van der Waals surface area contributed by atoms with E-state index in [0.29, 0.717) is 23.9 Å². The number of hydrogen-bond acceptors (Lipinski definition) is 6. The molecule has 5 heterocycles. The van der Waals surface area contributed by atoms with Crippen molar-refractivity contribution in [3.8, 4) is 0 Å². The molecule has 28 heavy (non-hydrogen) atoms. The van der Waals surface area contributed by atoms with Gasteiger partial charge in [-0.25, -0.2) is 4.98 Å². The average molecular weight is 383 g/mol. The number of piperidine rings is 2. The molecule has 5 rings (SSSR count). The number of fused-ring (bicyclic) bond motifs is 1. The summed E-state index contributed by atoms with van der Waals surface area (Å²) in [6.45, 7) is 4.51. The molecule has 3 amide bonds. The predicted octanol–water partition coefficient (Wildman–Crippen LogP) is 0.423. The van der Waals surface area contributed by atoms with Crippen molar-refractivity contribution in [2.45, 2.75) is 44.7 Å². The number of carbonyl (C=O) groups is 3. The summed E-state index contributed by atoms with van der Waals surface area (Å²) < 4.78 is 0. The second kappa shape index (κ2) is 6.55. The summed E-state index contributed by atoms with van der Waals surface area (Å²) in [5, 5.41) is 5.78. The molecule has 0 saturated carbocycles. The Morgan fingerprint density at radius 2 is 1.93 bits per heavy atom. The van der Waals surface area contributed by atoms with Crippen molar-refractivity contribution in [2.75, 3.05) is 31.1 Å². The predicted molar refractivity (Wildman–Crippen MR) is 102 cm³/mol. The normalized spacial score (nSPS) is 26.7. The Balaban J connectivity index is 1.33. The van der Waals surface area contributed by atoms with E-state index in [4.69, 9.17) is 4.98 Å². The lowest BCUT2D eigenvalue weighted by Crippen LogP contribution is -2.52. The van der Waals surface area contributed by atoms with E-state index in [1.165, 1.54) is 19.3 Å². The third-order valence-electron chi connectivity index (χ3n) is 6.78. The van der Waals surface area contributed by atoms with E-state index in [0.717, 1.165) is 37.7 Å². The van der Waals surface area contributed by atoms with Crippen molar-refractivity contribution in [3.63, 3.8) is 0 Å². The fraction of sp³-hybridized carbons (Fsp3) is 0.600. The molecule has 3 saturated heterocycles. The highest BCUT2D eigenvalue weighted by Crippen LogP contribution is 2.40. The van der Waals surface area contributed by atoms with E-state index in [9.17, 15) is 14.4 Å². The van der Waals surface area contributed by atoms with Crippen LogP contribution in [0.2, 0.25) is 0 Å². The van der Waals surface area contributed by atoms with Crippen LogP contribution in [-0.2, 0) is 16.1 Å². The molecule has 1 aromatic rings. The lowest BCUT2D eigenvalue weighted by molar-refractivity contribution is -0.136. The molecule has 1 atom stereocenters. The number of imide groups is 1. The van der Waals surface area contributed by atoms with E-state index < -0.39 is 6.04 Å². The molecule has 8 heteroatoms. The fourth-order valence-electron chi connectivity index (χ4n) is 5.10. The molecular weight excluding hydrogens is 358 g/mol. The summed E-state index contributed by atoms with van der Waals surface area (Å²) in [7, 11) is 0. The number of hydrogen-bond donors (Lipinski definition) is 2. The van der Waals surface area contributed by atoms with Crippen LogP contribution in [0.1, 0.15) is 48.2 Å². The van der Waals surface area contributed by atoms with E-state index in [1.54, 1.807) is 4.90 Å². The first-order chi connectivity index (χ1) is 13.5. The molecule has 0 bridgehead atoms. The molecular formula is C20H25N5O3. The van der Waals surface area contributed by atoms with E-state index in [2.05, 4.69) is 15.5 Å². The summed E-state index contributed by atoms with van der Waals surface area (Å²) in [6, 6.07) is 3.19. The van der Waals surface area contributed by atoms with Gasteiger partial charge in [0.2, 0.25) is 11.8 Å². The van der Waals surface area contributed by atoms with Gasteiger partial charge in [-0.05, 0) is 56.3 Å². The minimum absolute atomic E-state index is 0.167. The molecule has 8 nitrogen and oxygen atoms in total. The Morgan fingerprint density at radius 3 is 2.71 bits per heavy atom. The van der Waals surface area contributed by atoms with Gasteiger partial charge >= 0.3 is 0 Å². The zero-order chi connectivity index (χ0) is 19.3. The molecule has 148 valence electrons. The Kier molecular flexibility index (Phi) is 4.12. The van der Waals surface area contributed by atoms with Gasteiger partial charge in [0.05, 0.1) is 17.8 Å². The second-order valence-electron chi connectivity index (χ2n) is 8.49. The third-order valence-corrected chi connectivity index (χ3v) is 6.78. The summed E-state index contributed by atoms with van der Waals surface area (Å²) in [5.41, 5.74) is 1.70. The summed E-state index contributed by atoms with van der Waals surface area (Å²) >= 11 is 0. The van der Waals surface area contributed by atoms with Crippen LogP contribution in [0.25, 0.3) is 0 Å². The van der Waals surface area contributed by atoms with Crippen LogP contribution in [0, 0.1) is 5.41 Å². The van der Waals surface area contributed by atoms with Gasteiger partial charge in [-0.2, -0.15) is 0 Å². The number of anilines is 1. The molecule has 4 aliphatic heterocycles. The summed E-state index contributed by atoms with van der Waals surface area (Å²) in [4.78, 5) is 45.1. The standard InChI is InChI=1S/C20H25N5O3/c26-17-4-2-15(18(27)23-17)25-11-14-13(19(25)28)1-3-16(22-14)24-10-7-20(12-24)5-8-21-9-6-20/h1,3,15,21H,2,4-12H2,(H,23,26,27). The molecule has 0 aromatic carbocycles. The maximum atomic E-state index is 12.8. The molecule has 4 aliphatic rings. The van der Waals surface area contributed by atoms with Gasteiger partial charge in [-0.15, -0.1) is 0 Å². The topological polar surface area (TPSA) is 94.6 Å². The summed E-state index contributed by atoms with van der Waals surface area (Å²) in [6.07, 6.45) is 4.24. The molecule has 0 aliphatic carbocycles. The first-order valence-corrected chi connectivity index (χ1v) is 10.1. The van der Waals surface area contributed by atoms with Gasteiger partial charge in [0.1, 0.15) is 11.9 Å². The fourth-order valence-corrected chi connectivity index (χ4v) is 5.10. The van der Waals surface area contributed by atoms with Crippen LogP contribution in [0.3, 0.4) is 0 Å². The van der Waals surface area contributed by atoms with Crippen molar-refractivity contribution in [2.24, 2.45) is 5.41 Å². The highest BCUT2D eigenvalue weighted by Gasteiger charge is 2.42. The lowest BCUT2D eigenvalue weighted by Gasteiger charge is -2.33. The van der Waals surface area contributed by atoms with Gasteiger partial charge < -0.3 is 15.1 Å². The number of carbonyl (C=O) groups excluding carboxylic acids is 3. The lowest BCUT2D eigenvalue weighted by atomic mass is 9.78. The van der Waals surface area contributed by atoms with E-state index in [-0.39, 0.29) is 24.1 Å². The van der Waals surface area contributed by atoms with Crippen LogP contribution < -0.4 is 15.5 Å². The molecule has 1 unspecified atom stereocenters. The maximum Gasteiger partial charge on any atom is 0.256 e.